The number of hydrogen-bond donors (Lipinski definition) is 1. The van der Waals surface area contributed by atoms with E-state index in [2.05, 4.69) is 38.8 Å². The molecule has 2 aliphatic rings. The second-order valence-electron chi connectivity index (χ2n) is 6.44. The number of aromatic nitrogens is 3. The van der Waals surface area contributed by atoms with Crippen molar-refractivity contribution < 1.29 is 5.11 Å². The largest absolute Gasteiger partial charge is 0.388 e. The van der Waals surface area contributed by atoms with E-state index in [1.807, 2.05) is 24.8 Å². The second kappa shape index (κ2) is 4.77. The fourth-order valence-electron chi connectivity index (χ4n) is 4.29. The van der Waals surface area contributed by atoms with Gasteiger partial charge in [-0.05, 0) is 35.6 Å². The molecule has 0 saturated heterocycles. The van der Waals surface area contributed by atoms with Crippen molar-refractivity contribution in [3.05, 3.63) is 71.9 Å². The lowest BCUT2D eigenvalue weighted by atomic mass is 9.76. The van der Waals surface area contributed by atoms with Crippen LogP contribution >= 0.6 is 0 Å². The van der Waals surface area contributed by atoms with Crippen molar-refractivity contribution in [1.82, 2.24) is 14.5 Å². The van der Waals surface area contributed by atoms with Gasteiger partial charge in [0.05, 0.1) is 30.4 Å². The van der Waals surface area contributed by atoms with E-state index in [-0.39, 0.29) is 12.0 Å². The molecule has 4 nitrogen and oxygen atoms in total. The number of benzene rings is 1. The molecule has 114 valence electrons. The van der Waals surface area contributed by atoms with Crippen LogP contribution in [0.5, 0.6) is 0 Å². The summed E-state index contributed by atoms with van der Waals surface area (Å²) in [4.78, 5) is 8.52. The normalized spacial score (nSPS) is 24.8. The molecule has 0 fully saturated rings. The number of nitrogens with zero attached hydrogens (tertiary/aromatic N) is 3. The van der Waals surface area contributed by atoms with Crippen LogP contribution in [0.15, 0.2) is 55.2 Å². The molecule has 3 aromatic rings. The highest BCUT2D eigenvalue weighted by Crippen LogP contribution is 2.49. The zero-order valence-corrected chi connectivity index (χ0v) is 12.6. The number of aliphatic hydroxyl groups excluding tert-OH is 1. The second-order valence-corrected chi connectivity index (χ2v) is 6.44. The number of hydrogen-bond acceptors (Lipinski definition) is 3. The van der Waals surface area contributed by atoms with E-state index in [1.165, 1.54) is 16.7 Å². The minimum atomic E-state index is -0.465. The molecule has 1 aliphatic carbocycles. The van der Waals surface area contributed by atoms with Gasteiger partial charge in [0.1, 0.15) is 0 Å². The summed E-state index contributed by atoms with van der Waals surface area (Å²) in [5.41, 5.74) is 5.89. The maximum absolute atomic E-state index is 11.0. The van der Waals surface area contributed by atoms with Gasteiger partial charge in [0.2, 0.25) is 0 Å². The van der Waals surface area contributed by atoms with Gasteiger partial charge < -0.3 is 9.67 Å². The predicted octanol–water partition coefficient (Wildman–Crippen LogP) is 3.14. The number of fused-ring (bicyclic) bond motifs is 4. The monoisotopic (exact) mass is 303 g/mol. The van der Waals surface area contributed by atoms with Crippen LogP contribution in [0, 0.1) is 5.92 Å². The quantitative estimate of drug-likeness (QED) is 0.751. The van der Waals surface area contributed by atoms with Gasteiger partial charge in [0, 0.05) is 23.9 Å². The van der Waals surface area contributed by atoms with Gasteiger partial charge in [0.15, 0.2) is 0 Å². The Morgan fingerprint density at radius 2 is 1.96 bits per heavy atom. The Balaban J connectivity index is 1.64. The van der Waals surface area contributed by atoms with Crippen LogP contribution in [0.1, 0.15) is 35.3 Å². The average molecular weight is 303 g/mol. The Kier molecular flexibility index (Phi) is 2.70. The summed E-state index contributed by atoms with van der Waals surface area (Å²) in [6, 6.07) is 10.6. The van der Waals surface area contributed by atoms with Crippen LogP contribution in [0.4, 0.5) is 0 Å². The molecule has 3 heterocycles. The van der Waals surface area contributed by atoms with Crippen molar-refractivity contribution in [1.29, 1.82) is 0 Å². The fraction of sp³-hybridized carbons (Fsp3) is 0.263. The first kappa shape index (κ1) is 13.0. The summed E-state index contributed by atoms with van der Waals surface area (Å²) < 4.78 is 2.23. The van der Waals surface area contributed by atoms with Gasteiger partial charge in [-0.2, -0.15) is 0 Å². The molecule has 23 heavy (non-hydrogen) atoms. The van der Waals surface area contributed by atoms with E-state index in [9.17, 15) is 5.11 Å². The lowest BCUT2D eigenvalue weighted by Crippen LogP contribution is -2.28. The van der Waals surface area contributed by atoms with Crippen LogP contribution in [-0.2, 0) is 6.42 Å². The van der Waals surface area contributed by atoms with Gasteiger partial charge in [-0.1, -0.05) is 24.3 Å². The first-order valence-corrected chi connectivity index (χ1v) is 8.06. The third-order valence-corrected chi connectivity index (χ3v) is 5.34. The zero-order valence-electron chi connectivity index (χ0n) is 12.6. The Morgan fingerprint density at radius 1 is 1.04 bits per heavy atom. The molecule has 0 spiro atoms. The van der Waals surface area contributed by atoms with E-state index in [0.717, 1.165) is 24.1 Å². The molecule has 1 N–H and O–H groups in total. The smallest absolute Gasteiger partial charge is 0.0956 e. The summed E-state index contributed by atoms with van der Waals surface area (Å²) in [5, 5.41) is 11.0. The predicted molar refractivity (Wildman–Crippen MR) is 86.8 cm³/mol. The van der Waals surface area contributed by atoms with Crippen LogP contribution in [-0.4, -0.2) is 19.6 Å². The lowest BCUT2D eigenvalue weighted by molar-refractivity contribution is 0.0718. The fourth-order valence-corrected chi connectivity index (χ4v) is 4.29. The van der Waals surface area contributed by atoms with Crippen LogP contribution in [0.3, 0.4) is 0 Å². The molecule has 0 bridgehead atoms. The zero-order chi connectivity index (χ0) is 15.4. The lowest BCUT2D eigenvalue weighted by Gasteiger charge is -2.35. The summed E-state index contributed by atoms with van der Waals surface area (Å²) >= 11 is 0. The molecule has 1 unspecified atom stereocenters. The topological polar surface area (TPSA) is 50.9 Å². The first-order chi connectivity index (χ1) is 11.3. The first-order valence-electron chi connectivity index (χ1n) is 8.06. The van der Waals surface area contributed by atoms with E-state index < -0.39 is 6.10 Å². The Hall–Kier alpha value is -2.46. The molecule has 0 amide bonds. The van der Waals surface area contributed by atoms with Crippen molar-refractivity contribution in [3.8, 4) is 11.3 Å². The molecule has 1 aliphatic heterocycles. The maximum Gasteiger partial charge on any atom is 0.0956 e. The average Bonchev–Trinajstić information content (AvgIpc) is 3.17. The highest BCUT2D eigenvalue weighted by Gasteiger charge is 2.40. The molecule has 5 rings (SSSR count). The highest BCUT2D eigenvalue weighted by molar-refractivity contribution is 5.69. The van der Waals surface area contributed by atoms with Crippen molar-refractivity contribution in [2.45, 2.75) is 25.0 Å². The molecule has 0 saturated carbocycles. The summed E-state index contributed by atoms with van der Waals surface area (Å²) in [6.07, 6.45) is 8.94. The SMILES string of the molecule is O[C@@H]1c2ccncc2CC[C@@H]1C1c2ccccc2-c2cncn21. The third kappa shape index (κ3) is 1.75. The van der Waals surface area contributed by atoms with Gasteiger partial charge >= 0.3 is 0 Å². The number of pyridine rings is 1. The number of aliphatic hydroxyl groups is 1. The highest BCUT2D eigenvalue weighted by atomic mass is 16.3. The molecule has 2 aromatic heterocycles. The number of aryl methyl sites for hydroxylation is 1. The summed E-state index contributed by atoms with van der Waals surface area (Å²) in [7, 11) is 0. The molecule has 4 heteroatoms. The van der Waals surface area contributed by atoms with E-state index in [0.29, 0.717) is 0 Å². The minimum Gasteiger partial charge on any atom is -0.388 e. The Morgan fingerprint density at radius 3 is 2.91 bits per heavy atom. The van der Waals surface area contributed by atoms with Crippen molar-refractivity contribution in [3.63, 3.8) is 0 Å². The van der Waals surface area contributed by atoms with Crippen LogP contribution in [0.25, 0.3) is 11.3 Å². The molecule has 1 aromatic carbocycles. The standard InChI is InChI=1S/C19H17N3O/c23-19-13-7-8-20-9-12(13)5-6-16(19)18-15-4-2-1-3-14(15)17-10-21-11-22(17)18/h1-4,7-11,16,18-19,23H,5-6H2/t16-,18?,19-/m1/s1. The van der Waals surface area contributed by atoms with E-state index >= 15 is 0 Å². The third-order valence-electron chi connectivity index (χ3n) is 5.34. The van der Waals surface area contributed by atoms with Gasteiger partial charge in [-0.25, -0.2) is 4.98 Å². The number of rotatable bonds is 1. The maximum atomic E-state index is 11.0. The molecular weight excluding hydrogens is 286 g/mol. The summed E-state index contributed by atoms with van der Waals surface area (Å²) in [6.45, 7) is 0. The van der Waals surface area contributed by atoms with E-state index in [4.69, 9.17) is 0 Å². The molecule has 3 atom stereocenters. The Labute approximate surface area is 134 Å². The number of imidazole rings is 1. The van der Waals surface area contributed by atoms with Gasteiger partial charge in [0.25, 0.3) is 0 Å². The molecular formula is C19H17N3O. The van der Waals surface area contributed by atoms with Gasteiger partial charge in [-0.3, -0.25) is 4.98 Å². The molecule has 0 radical (unpaired) electrons. The van der Waals surface area contributed by atoms with Crippen LogP contribution in [0.2, 0.25) is 0 Å². The van der Waals surface area contributed by atoms with Crippen LogP contribution < -0.4 is 0 Å². The van der Waals surface area contributed by atoms with Crippen molar-refractivity contribution >= 4 is 0 Å². The summed E-state index contributed by atoms with van der Waals surface area (Å²) in [5.74, 6) is 0.154. The van der Waals surface area contributed by atoms with Gasteiger partial charge in [-0.15, -0.1) is 0 Å². The minimum absolute atomic E-state index is 0.153. The van der Waals surface area contributed by atoms with Crippen molar-refractivity contribution in [2.24, 2.45) is 5.92 Å². The van der Waals surface area contributed by atoms with E-state index in [1.54, 1.807) is 6.20 Å². The Bertz CT molecular complexity index is 886. The van der Waals surface area contributed by atoms with Crippen molar-refractivity contribution in [2.75, 3.05) is 0 Å².